The van der Waals surface area contributed by atoms with Crippen LogP contribution >= 0.6 is 27.3 Å². The molecule has 0 saturated carbocycles. The minimum Gasteiger partial charge on any atom is -0.296 e. The van der Waals surface area contributed by atoms with Crippen LogP contribution in [-0.2, 0) is 13.1 Å². The molecule has 2 nitrogen and oxygen atoms in total. The number of hydrogen-bond acceptors (Lipinski definition) is 3. The van der Waals surface area contributed by atoms with Crippen LogP contribution in [0.15, 0.2) is 27.5 Å². The second kappa shape index (κ2) is 5.86. The fourth-order valence-electron chi connectivity index (χ4n) is 1.63. The van der Waals surface area contributed by atoms with Crippen molar-refractivity contribution in [3.05, 3.63) is 50.4 Å². The lowest BCUT2D eigenvalue weighted by Crippen LogP contribution is -2.19. The van der Waals surface area contributed by atoms with Gasteiger partial charge in [-0.15, -0.1) is 11.3 Å². The Balaban J connectivity index is 2.11. The van der Waals surface area contributed by atoms with Crippen molar-refractivity contribution in [3.63, 3.8) is 0 Å². The van der Waals surface area contributed by atoms with Crippen LogP contribution in [0, 0.1) is 11.6 Å². The monoisotopic (exact) mass is 332 g/mol. The SMILES string of the molecule is CN(Cc1cscn1)Cc1c(F)ccc(Br)c1F. The predicted octanol–water partition coefficient (Wildman–Crippen LogP) is 3.82. The first-order chi connectivity index (χ1) is 8.58. The first-order valence-corrected chi connectivity index (χ1v) is 6.99. The summed E-state index contributed by atoms with van der Waals surface area (Å²) in [7, 11) is 1.80. The van der Waals surface area contributed by atoms with Gasteiger partial charge in [0.25, 0.3) is 0 Å². The van der Waals surface area contributed by atoms with Crippen LogP contribution in [0.1, 0.15) is 11.3 Å². The van der Waals surface area contributed by atoms with E-state index in [0.29, 0.717) is 6.54 Å². The highest BCUT2D eigenvalue weighted by atomic mass is 79.9. The van der Waals surface area contributed by atoms with Crippen molar-refractivity contribution in [1.29, 1.82) is 0 Å². The summed E-state index contributed by atoms with van der Waals surface area (Å²) in [6, 6.07) is 2.63. The van der Waals surface area contributed by atoms with Crippen molar-refractivity contribution in [2.45, 2.75) is 13.1 Å². The third-order valence-corrected chi connectivity index (χ3v) is 3.73. The quantitative estimate of drug-likeness (QED) is 0.791. The molecule has 2 aromatic rings. The number of hydrogen-bond donors (Lipinski definition) is 0. The van der Waals surface area contributed by atoms with E-state index in [9.17, 15) is 8.78 Å². The van der Waals surface area contributed by atoms with Gasteiger partial charge in [-0.2, -0.15) is 0 Å². The maximum atomic E-state index is 13.8. The second-order valence-corrected chi connectivity index (χ2v) is 5.55. The molecule has 0 aliphatic carbocycles. The van der Waals surface area contributed by atoms with Crippen molar-refractivity contribution in [3.8, 4) is 0 Å². The normalized spacial score (nSPS) is 11.2. The van der Waals surface area contributed by atoms with Crippen LogP contribution in [0.3, 0.4) is 0 Å². The van der Waals surface area contributed by atoms with Crippen LogP contribution in [0.25, 0.3) is 0 Å². The number of benzene rings is 1. The van der Waals surface area contributed by atoms with Crippen LogP contribution in [0.5, 0.6) is 0 Å². The van der Waals surface area contributed by atoms with Crippen molar-refractivity contribution < 1.29 is 8.78 Å². The number of aromatic nitrogens is 1. The Bertz CT molecular complexity index is 531. The van der Waals surface area contributed by atoms with Gasteiger partial charge in [-0.3, -0.25) is 4.90 Å². The third-order valence-electron chi connectivity index (χ3n) is 2.48. The molecule has 6 heteroatoms. The molecule has 0 aliphatic heterocycles. The average Bonchev–Trinajstić information content (AvgIpc) is 2.82. The zero-order chi connectivity index (χ0) is 13.1. The first kappa shape index (κ1) is 13.6. The van der Waals surface area contributed by atoms with Gasteiger partial charge in [-0.25, -0.2) is 13.8 Å². The molecular weight excluding hydrogens is 322 g/mol. The van der Waals surface area contributed by atoms with E-state index in [0.717, 1.165) is 5.69 Å². The molecule has 1 heterocycles. The molecule has 18 heavy (non-hydrogen) atoms. The van der Waals surface area contributed by atoms with E-state index in [1.54, 1.807) is 12.6 Å². The molecule has 0 atom stereocenters. The maximum absolute atomic E-state index is 13.8. The summed E-state index contributed by atoms with van der Waals surface area (Å²) in [5.41, 5.74) is 2.71. The molecule has 0 fully saturated rings. The Kier molecular flexibility index (Phi) is 4.42. The average molecular weight is 333 g/mol. The smallest absolute Gasteiger partial charge is 0.144 e. The van der Waals surface area contributed by atoms with Gasteiger partial charge in [0.2, 0.25) is 0 Å². The molecule has 0 unspecified atom stereocenters. The van der Waals surface area contributed by atoms with Crippen LogP contribution in [0.2, 0.25) is 0 Å². The highest BCUT2D eigenvalue weighted by Gasteiger charge is 2.14. The second-order valence-electron chi connectivity index (χ2n) is 3.97. The van der Waals surface area contributed by atoms with E-state index in [1.165, 1.54) is 23.5 Å². The Morgan fingerprint density at radius 1 is 1.33 bits per heavy atom. The standard InChI is InChI=1S/C12H11BrF2N2S/c1-17(4-8-6-18-7-16-8)5-9-11(14)3-2-10(13)12(9)15/h2-3,6-7H,4-5H2,1H3. The number of thiazole rings is 1. The third kappa shape index (κ3) is 3.13. The molecule has 0 radical (unpaired) electrons. The minimum absolute atomic E-state index is 0.0714. The molecular formula is C12H11BrF2N2S. The summed E-state index contributed by atoms with van der Waals surface area (Å²) < 4.78 is 27.6. The predicted molar refractivity (Wildman–Crippen MR) is 71.3 cm³/mol. The molecule has 96 valence electrons. The first-order valence-electron chi connectivity index (χ1n) is 5.26. The summed E-state index contributed by atoms with van der Waals surface area (Å²) in [4.78, 5) is 5.96. The largest absolute Gasteiger partial charge is 0.296 e. The molecule has 0 saturated heterocycles. The molecule has 1 aromatic heterocycles. The number of halogens is 3. The summed E-state index contributed by atoms with van der Waals surface area (Å²) in [5.74, 6) is -1.07. The van der Waals surface area contributed by atoms with E-state index < -0.39 is 11.6 Å². The van der Waals surface area contributed by atoms with E-state index in [2.05, 4.69) is 20.9 Å². The summed E-state index contributed by atoms with van der Waals surface area (Å²) in [5, 5.41) is 1.92. The van der Waals surface area contributed by atoms with Crippen molar-refractivity contribution in [1.82, 2.24) is 9.88 Å². The fourth-order valence-corrected chi connectivity index (χ4v) is 2.55. The Morgan fingerprint density at radius 3 is 2.78 bits per heavy atom. The van der Waals surface area contributed by atoms with E-state index in [4.69, 9.17) is 0 Å². The Labute approximate surface area is 116 Å². The summed E-state index contributed by atoms with van der Waals surface area (Å²) >= 11 is 4.56. The van der Waals surface area contributed by atoms with Crippen molar-refractivity contribution in [2.75, 3.05) is 7.05 Å². The topological polar surface area (TPSA) is 16.1 Å². The van der Waals surface area contributed by atoms with Crippen LogP contribution in [0.4, 0.5) is 8.78 Å². The Morgan fingerprint density at radius 2 is 2.11 bits per heavy atom. The van der Waals surface area contributed by atoms with Gasteiger partial charge < -0.3 is 0 Å². The van der Waals surface area contributed by atoms with Crippen LogP contribution < -0.4 is 0 Å². The summed E-state index contributed by atoms with van der Waals surface area (Å²) in [6.07, 6.45) is 0. The van der Waals surface area contributed by atoms with E-state index in [-0.39, 0.29) is 16.6 Å². The van der Waals surface area contributed by atoms with Gasteiger partial charge in [0.05, 0.1) is 15.7 Å². The van der Waals surface area contributed by atoms with E-state index >= 15 is 0 Å². The zero-order valence-electron chi connectivity index (χ0n) is 9.66. The number of rotatable bonds is 4. The molecule has 0 spiro atoms. The van der Waals surface area contributed by atoms with Gasteiger partial charge >= 0.3 is 0 Å². The highest BCUT2D eigenvalue weighted by molar-refractivity contribution is 9.10. The van der Waals surface area contributed by atoms with Gasteiger partial charge in [0.1, 0.15) is 11.6 Å². The lowest BCUT2D eigenvalue weighted by atomic mass is 10.2. The molecule has 0 N–H and O–H groups in total. The highest BCUT2D eigenvalue weighted by Crippen LogP contribution is 2.23. The molecule has 0 amide bonds. The lowest BCUT2D eigenvalue weighted by Gasteiger charge is -2.16. The molecule has 0 bridgehead atoms. The van der Waals surface area contributed by atoms with E-state index in [1.807, 2.05) is 10.3 Å². The Hall–Kier alpha value is -0.850. The summed E-state index contributed by atoms with van der Waals surface area (Å²) in [6.45, 7) is 0.767. The number of nitrogens with zero attached hydrogens (tertiary/aromatic N) is 2. The van der Waals surface area contributed by atoms with Gasteiger partial charge in [0.15, 0.2) is 0 Å². The fraction of sp³-hybridized carbons (Fsp3) is 0.250. The zero-order valence-corrected chi connectivity index (χ0v) is 12.1. The maximum Gasteiger partial charge on any atom is 0.144 e. The van der Waals surface area contributed by atoms with Gasteiger partial charge in [0, 0.05) is 24.0 Å². The van der Waals surface area contributed by atoms with Crippen LogP contribution in [-0.4, -0.2) is 16.9 Å². The molecule has 2 rings (SSSR count). The van der Waals surface area contributed by atoms with Crippen molar-refractivity contribution >= 4 is 27.3 Å². The van der Waals surface area contributed by atoms with Crippen molar-refractivity contribution in [2.24, 2.45) is 0 Å². The van der Waals surface area contributed by atoms with Gasteiger partial charge in [-0.05, 0) is 35.1 Å². The minimum atomic E-state index is -0.542. The van der Waals surface area contributed by atoms with Gasteiger partial charge in [-0.1, -0.05) is 0 Å². The molecule has 0 aliphatic rings. The lowest BCUT2D eigenvalue weighted by molar-refractivity contribution is 0.304. The molecule has 1 aromatic carbocycles.